The lowest BCUT2D eigenvalue weighted by atomic mass is 10.2. The molecule has 0 aliphatic heterocycles. The van der Waals surface area contributed by atoms with E-state index in [1.54, 1.807) is 19.4 Å². The number of nitrogens with zero attached hydrogens (tertiary/aromatic N) is 2. The summed E-state index contributed by atoms with van der Waals surface area (Å²) < 4.78 is 11.0. The van der Waals surface area contributed by atoms with E-state index in [4.69, 9.17) is 9.47 Å². The first-order chi connectivity index (χ1) is 12.7. The van der Waals surface area contributed by atoms with E-state index in [1.165, 1.54) is 0 Å². The highest BCUT2D eigenvalue weighted by Gasteiger charge is 2.05. The van der Waals surface area contributed by atoms with Crippen LogP contribution in [0.1, 0.15) is 5.69 Å². The molecule has 4 rings (SSSR count). The Morgan fingerprint density at radius 2 is 1.77 bits per heavy atom. The third kappa shape index (κ3) is 3.44. The van der Waals surface area contributed by atoms with E-state index >= 15 is 0 Å². The summed E-state index contributed by atoms with van der Waals surface area (Å²) in [5.74, 6) is 2.46. The molecule has 2 aromatic heterocycles. The van der Waals surface area contributed by atoms with Gasteiger partial charge in [0.15, 0.2) is 0 Å². The van der Waals surface area contributed by atoms with E-state index < -0.39 is 0 Å². The van der Waals surface area contributed by atoms with Gasteiger partial charge in [0.05, 0.1) is 7.11 Å². The smallest absolute Gasteiger partial charge is 0.230 e. The van der Waals surface area contributed by atoms with Crippen molar-refractivity contribution in [2.75, 3.05) is 12.4 Å². The first kappa shape index (κ1) is 16.0. The molecule has 2 heterocycles. The SMILES string of the molecule is COc1ccc(Nc2nccc(Oc3ccc4[nH]c(C)cc4c3)n2)cc1. The van der Waals surface area contributed by atoms with Crippen molar-refractivity contribution in [1.82, 2.24) is 15.0 Å². The summed E-state index contributed by atoms with van der Waals surface area (Å²) in [6, 6.07) is 17.2. The molecule has 0 saturated carbocycles. The van der Waals surface area contributed by atoms with Gasteiger partial charge in [-0.15, -0.1) is 0 Å². The van der Waals surface area contributed by atoms with Crippen LogP contribution in [0.4, 0.5) is 11.6 Å². The number of nitrogens with one attached hydrogen (secondary N) is 2. The molecule has 2 aromatic carbocycles. The van der Waals surface area contributed by atoms with Gasteiger partial charge < -0.3 is 19.8 Å². The Balaban J connectivity index is 1.52. The molecule has 0 aliphatic rings. The van der Waals surface area contributed by atoms with E-state index in [1.807, 2.05) is 49.4 Å². The standard InChI is InChI=1S/C20H18N4O2/c1-13-11-14-12-17(7-8-18(14)22-13)26-19-9-10-21-20(24-19)23-15-3-5-16(25-2)6-4-15/h3-12,22H,1-2H3,(H,21,23,24). The van der Waals surface area contributed by atoms with Gasteiger partial charge in [-0.1, -0.05) is 0 Å². The Morgan fingerprint density at radius 1 is 0.962 bits per heavy atom. The molecular weight excluding hydrogens is 328 g/mol. The fourth-order valence-electron chi connectivity index (χ4n) is 2.70. The molecule has 0 radical (unpaired) electrons. The molecule has 26 heavy (non-hydrogen) atoms. The summed E-state index contributed by atoms with van der Waals surface area (Å²) in [7, 11) is 1.64. The number of anilines is 2. The predicted molar refractivity (Wildman–Crippen MR) is 101 cm³/mol. The first-order valence-electron chi connectivity index (χ1n) is 8.21. The molecule has 2 N–H and O–H groups in total. The number of aromatic nitrogens is 3. The maximum atomic E-state index is 5.89. The number of hydrogen-bond donors (Lipinski definition) is 2. The fraction of sp³-hybridized carbons (Fsp3) is 0.100. The molecule has 0 bridgehead atoms. The number of aromatic amines is 1. The minimum atomic E-state index is 0.464. The molecule has 0 unspecified atom stereocenters. The van der Waals surface area contributed by atoms with Crippen LogP contribution < -0.4 is 14.8 Å². The van der Waals surface area contributed by atoms with Crippen LogP contribution in [-0.2, 0) is 0 Å². The predicted octanol–water partition coefficient (Wildman–Crippen LogP) is 4.81. The number of methoxy groups -OCH3 is 1. The molecule has 0 amide bonds. The van der Waals surface area contributed by atoms with E-state index in [0.29, 0.717) is 11.8 Å². The largest absolute Gasteiger partial charge is 0.497 e. The van der Waals surface area contributed by atoms with E-state index in [2.05, 4.69) is 26.3 Å². The Morgan fingerprint density at radius 3 is 2.58 bits per heavy atom. The Hall–Kier alpha value is -3.54. The number of ether oxygens (including phenoxy) is 2. The van der Waals surface area contributed by atoms with Gasteiger partial charge in [-0.3, -0.25) is 0 Å². The van der Waals surface area contributed by atoms with Crippen LogP contribution in [0.15, 0.2) is 60.8 Å². The zero-order chi connectivity index (χ0) is 17.9. The molecule has 6 nitrogen and oxygen atoms in total. The van der Waals surface area contributed by atoms with Gasteiger partial charge in [-0.2, -0.15) is 4.98 Å². The van der Waals surface area contributed by atoms with Gasteiger partial charge in [0.2, 0.25) is 11.8 Å². The molecule has 130 valence electrons. The van der Waals surface area contributed by atoms with Crippen molar-refractivity contribution in [3.05, 3.63) is 66.5 Å². The van der Waals surface area contributed by atoms with Crippen LogP contribution in [-0.4, -0.2) is 22.1 Å². The van der Waals surface area contributed by atoms with Gasteiger partial charge in [0, 0.05) is 34.5 Å². The monoisotopic (exact) mass is 346 g/mol. The van der Waals surface area contributed by atoms with Crippen LogP contribution in [0.2, 0.25) is 0 Å². The highest BCUT2D eigenvalue weighted by Crippen LogP contribution is 2.26. The number of fused-ring (bicyclic) bond motifs is 1. The third-order valence-corrected chi connectivity index (χ3v) is 3.93. The number of H-pyrrole nitrogens is 1. The second-order valence-corrected chi connectivity index (χ2v) is 5.88. The molecule has 6 heteroatoms. The molecule has 0 fully saturated rings. The maximum Gasteiger partial charge on any atom is 0.230 e. The van der Waals surface area contributed by atoms with Gasteiger partial charge in [-0.05, 0) is 55.5 Å². The van der Waals surface area contributed by atoms with Crippen molar-refractivity contribution < 1.29 is 9.47 Å². The third-order valence-electron chi connectivity index (χ3n) is 3.93. The summed E-state index contributed by atoms with van der Waals surface area (Å²) in [6.07, 6.45) is 1.66. The van der Waals surface area contributed by atoms with Crippen LogP contribution in [0.3, 0.4) is 0 Å². The molecular formula is C20H18N4O2. The lowest BCUT2D eigenvalue weighted by Gasteiger charge is -2.08. The minimum Gasteiger partial charge on any atom is -0.497 e. The molecule has 4 aromatic rings. The normalized spacial score (nSPS) is 10.7. The molecule has 0 atom stereocenters. The van der Waals surface area contributed by atoms with Crippen LogP contribution in [0.5, 0.6) is 17.4 Å². The second kappa shape index (κ2) is 6.76. The molecule has 0 aliphatic carbocycles. The van der Waals surface area contributed by atoms with Crippen molar-refractivity contribution in [1.29, 1.82) is 0 Å². The topological polar surface area (TPSA) is 72.1 Å². The number of rotatable bonds is 5. The summed E-state index contributed by atoms with van der Waals surface area (Å²) in [4.78, 5) is 11.9. The summed E-state index contributed by atoms with van der Waals surface area (Å²) in [5.41, 5.74) is 3.07. The van der Waals surface area contributed by atoms with Crippen molar-refractivity contribution in [2.24, 2.45) is 0 Å². The van der Waals surface area contributed by atoms with Gasteiger partial charge in [0.25, 0.3) is 0 Å². The average Bonchev–Trinajstić information content (AvgIpc) is 3.02. The lowest BCUT2D eigenvalue weighted by molar-refractivity contribution is 0.415. The minimum absolute atomic E-state index is 0.464. The number of hydrogen-bond acceptors (Lipinski definition) is 5. The number of benzene rings is 2. The highest BCUT2D eigenvalue weighted by atomic mass is 16.5. The van der Waals surface area contributed by atoms with Crippen molar-refractivity contribution in [3.8, 4) is 17.4 Å². The van der Waals surface area contributed by atoms with E-state index in [-0.39, 0.29) is 0 Å². The van der Waals surface area contributed by atoms with Crippen LogP contribution in [0, 0.1) is 6.92 Å². The lowest BCUT2D eigenvalue weighted by Crippen LogP contribution is -1.98. The van der Waals surface area contributed by atoms with Gasteiger partial charge >= 0.3 is 0 Å². The zero-order valence-electron chi connectivity index (χ0n) is 14.5. The molecule has 0 spiro atoms. The van der Waals surface area contributed by atoms with Crippen LogP contribution >= 0.6 is 0 Å². The fourth-order valence-corrected chi connectivity index (χ4v) is 2.70. The van der Waals surface area contributed by atoms with Crippen molar-refractivity contribution in [3.63, 3.8) is 0 Å². The Labute approximate surface area is 150 Å². The van der Waals surface area contributed by atoms with E-state index in [0.717, 1.165) is 33.8 Å². The Kier molecular flexibility index (Phi) is 4.15. The zero-order valence-corrected chi connectivity index (χ0v) is 14.5. The first-order valence-corrected chi connectivity index (χ1v) is 8.21. The van der Waals surface area contributed by atoms with Gasteiger partial charge in [-0.25, -0.2) is 4.98 Å². The van der Waals surface area contributed by atoms with Crippen LogP contribution in [0.25, 0.3) is 10.9 Å². The van der Waals surface area contributed by atoms with Crippen molar-refractivity contribution in [2.45, 2.75) is 6.92 Å². The Bertz CT molecular complexity index is 1040. The average molecular weight is 346 g/mol. The maximum absolute atomic E-state index is 5.89. The summed E-state index contributed by atoms with van der Waals surface area (Å²) in [5, 5.41) is 4.25. The van der Waals surface area contributed by atoms with Crippen molar-refractivity contribution >= 4 is 22.5 Å². The highest BCUT2D eigenvalue weighted by molar-refractivity contribution is 5.81. The quantitative estimate of drug-likeness (QED) is 0.542. The van der Waals surface area contributed by atoms with Gasteiger partial charge in [0.1, 0.15) is 11.5 Å². The van der Waals surface area contributed by atoms with E-state index in [9.17, 15) is 0 Å². The second-order valence-electron chi connectivity index (χ2n) is 5.88. The summed E-state index contributed by atoms with van der Waals surface area (Å²) in [6.45, 7) is 2.03. The summed E-state index contributed by atoms with van der Waals surface area (Å²) >= 11 is 0. The number of aryl methyl sites for hydroxylation is 1. The molecule has 0 saturated heterocycles.